The number of aryl methyl sites for hydroxylation is 1. The zero-order valence-electron chi connectivity index (χ0n) is 10.1. The van der Waals surface area contributed by atoms with Crippen molar-refractivity contribution in [1.29, 1.82) is 0 Å². The Kier molecular flexibility index (Phi) is 3.15. The van der Waals surface area contributed by atoms with Crippen LogP contribution in [0.5, 0.6) is 0 Å². The zero-order valence-corrected chi connectivity index (χ0v) is 10.1. The first-order valence-electron chi connectivity index (χ1n) is 5.86. The third-order valence-electron chi connectivity index (χ3n) is 3.39. The van der Waals surface area contributed by atoms with Gasteiger partial charge in [0.1, 0.15) is 5.54 Å². The van der Waals surface area contributed by atoms with Gasteiger partial charge in [-0.2, -0.15) is 0 Å². The van der Waals surface area contributed by atoms with Crippen LogP contribution in [0.1, 0.15) is 38.5 Å². The highest BCUT2D eigenvalue weighted by Crippen LogP contribution is 2.30. The van der Waals surface area contributed by atoms with E-state index in [0.717, 1.165) is 13.0 Å². The van der Waals surface area contributed by atoms with Crippen molar-refractivity contribution in [3.63, 3.8) is 0 Å². The highest BCUT2D eigenvalue weighted by atomic mass is 16.4. The van der Waals surface area contributed by atoms with Crippen molar-refractivity contribution in [3.8, 4) is 0 Å². The first-order valence-corrected chi connectivity index (χ1v) is 5.86. The first-order chi connectivity index (χ1) is 8.06. The molecule has 1 unspecified atom stereocenters. The average Bonchev–Trinajstić information content (AvgIpc) is 2.88. The van der Waals surface area contributed by atoms with Crippen LogP contribution in [0.2, 0.25) is 0 Å². The SMILES string of the molecule is CCc1nnc(CN2CCCC2(C)C(=O)O)o1. The molecule has 1 aromatic heterocycles. The molecule has 0 aliphatic carbocycles. The molecule has 1 fully saturated rings. The van der Waals surface area contributed by atoms with E-state index in [1.165, 1.54) is 0 Å². The minimum absolute atomic E-state index is 0.413. The Morgan fingerprint density at radius 2 is 2.24 bits per heavy atom. The van der Waals surface area contributed by atoms with Crippen LogP contribution >= 0.6 is 0 Å². The number of aliphatic carboxylic acids is 1. The number of hydrogen-bond acceptors (Lipinski definition) is 5. The fourth-order valence-electron chi connectivity index (χ4n) is 2.17. The van der Waals surface area contributed by atoms with Gasteiger partial charge in [0, 0.05) is 6.42 Å². The lowest BCUT2D eigenvalue weighted by Crippen LogP contribution is -2.47. The topological polar surface area (TPSA) is 79.5 Å². The van der Waals surface area contributed by atoms with Gasteiger partial charge < -0.3 is 9.52 Å². The monoisotopic (exact) mass is 239 g/mol. The van der Waals surface area contributed by atoms with Gasteiger partial charge in [-0.1, -0.05) is 6.92 Å². The standard InChI is InChI=1S/C11H17N3O3/c1-3-8-12-13-9(17-8)7-14-6-4-5-11(14,2)10(15)16/h3-7H2,1-2H3,(H,15,16). The van der Waals surface area contributed by atoms with Gasteiger partial charge in [0.15, 0.2) is 0 Å². The Labute approximate surface area is 99.6 Å². The predicted octanol–water partition coefficient (Wildman–Crippen LogP) is 1.07. The van der Waals surface area contributed by atoms with Crippen LogP contribution in [0, 0.1) is 0 Å². The first kappa shape index (κ1) is 12.0. The van der Waals surface area contributed by atoms with E-state index in [1.54, 1.807) is 6.92 Å². The van der Waals surface area contributed by atoms with Crippen molar-refractivity contribution >= 4 is 5.97 Å². The maximum atomic E-state index is 11.3. The Morgan fingerprint density at radius 1 is 1.53 bits per heavy atom. The molecule has 1 N–H and O–H groups in total. The second-order valence-corrected chi connectivity index (χ2v) is 4.55. The molecule has 1 aliphatic heterocycles. The fourth-order valence-corrected chi connectivity index (χ4v) is 2.17. The molecule has 0 spiro atoms. The number of carboxylic acid groups (broad SMARTS) is 1. The second kappa shape index (κ2) is 4.44. The lowest BCUT2D eigenvalue weighted by molar-refractivity contribution is -0.149. The van der Waals surface area contributed by atoms with Crippen LogP contribution in [0.25, 0.3) is 0 Å². The summed E-state index contributed by atoms with van der Waals surface area (Å²) >= 11 is 0. The zero-order chi connectivity index (χ0) is 12.5. The number of rotatable bonds is 4. The molecule has 6 heteroatoms. The second-order valence-electron chi connectivity index (χ2n) is 4.55. The highest BCUT2D eigenvalue weighted by molar-refractivity contribution is 5.78. The lowest BCUT2D eigenvalue weighted by atomic mass is 9.99. The molecule has 0 aromatic carbocycles. The van der Waals surface area contributed by atoms with Crippen molar-refractivity contribution in [2.24, 2.45) is 0 Å². The van der Waals surface area contributed by atoms with Gasteiger partial charge in [0.05, 0.1) is 6.54 Å². The van der Waals surface area contributed by atoms with Crippen molar-refractivity contribution in [2.75, 3.05) is 6.54 Å². The van der Waals surface area contributed by atoms with E-state index in [0.29, 0.717) is 31.2 Å². The van der Waals surface area contributed by atoms with E-state index >= 15 is 0 Å². The minimum atomic E-state index is -0.805. The summed E-state index contributed by atoms with van der Waals surface area (Å²) in [6.45, 7) is 4.86. The molecule has 2 heterocycles. The summed E-state index contributed by atoms with van der Waals surface area (Å²) < 4.78 is 5.41. The van der Waals surface area contributed by atoms with E-state index in [2.05, 4.69) is 10.2 Å². The Hall–Kier alpha value is -1.43. The number of hydrogen-bond donors (Lipinski definition) is 1. The Balaban J connectivity index is 2.10. The molecular formula is C11H17N3O3. The molecule has 6 nitrogen and oxygen atoms in total. The molecule has 0 saturated carbocycles. The third kappa shape index (κ3) is 2.17. The van der Waals surface area contributed by atoms with Gasteiger partial charge in [-0.15, -0.1) is 10.2 Å². The molecule has 0 amide bonds. The Morgan fingerprint density at radius 3 is 2.82 bits per heavy atom. The minimum Gasteiger partial charge on any atom is -0.480 e. The van der Waals surface area contributed by atoms with Gasteiger partial charge in [-0.3, -0.25) is 9.69 Å². The number of carboxylic acids is 1. The molecular weight excluding hydrogens is 222 g/mol. The lowest BCUT2D eigenvalue weighted by Gasteiger charge is -2.29. The number of nitrogens with zero attached hydrogens (tertiary/aromatic N) is 3. The Bertz CT molecular complexity index is 418. The third-order valence-corrected chi connectivity index (χ3v) is 3.39. The van der Waals surface area contributed by atoms with Crippen LogP contribution in [0.3, 0.4) is 0 Å². The summed E-state index contributed by atoms with van der Waals surface area (Å²) in [7, 11) is 0. The summed E-state index contributed by atoms with van der Waals surface area (Å²) in [5, 5.41) is 17.1. The van der Waals surface area contributed by atoms with E-state index in [4.69, 9.17) is 4.42 Å². The summed E-state index contributed by atoms with van der Waals surface area (Å²) in [6.07, 6.45) is 2.25. The van der Waals surface area contributed by atoms with E-state index < -0.39 is 11.5 Å². The average molecular weight is 239 g/mol. The van der Waals surface area contributed by atoms with Crippen molar-refractivity contribution in [3.05, 3.63) is 11.8 Å². The van der Waals surface area contributed by atoms with Crippen molar-refractivity contribution in [1.82, 2.24) is 15.1 Å². The molecule has 17 heavy (non-hydrogen) atoms. The quantitative estimate of drug-likeness (QED) is 0.846. The summed E-state index contributed by atoms with van der Waals surface area (Å²) in [6, 6.07) is 0. The smallest absolute Gasteiger partial charge is 0.323 e. The van der Waals surface area contributed by atoms with Crippen LogP contribution in [-0.2, 0) is 17.8 Å². The van der Waals surface area contributed by atoms with E-state index in [-0.39, 0.29) is 0 Å². The number of aromatic nitrogens is 2. The molecule has 94 valence electrons. The maximum absolute atomic E-state index is 11.3. The predicted molar refractivity (Wildman–Crippen MR) is 59.4 cm³/mol. The van der Waals surface area contributed by atoms with Crippen LogP contribution in [0.15, 0.2) is 4.42 Å². The van der Waals surface area contributed by atoms with Gasteiger partial charge in [-0.05, 0) is 26.3 Å². The summed E-state index contributed by atoms with van der Waals surface area (Å²) in [4.78, 5) is 13.2. The van der Waals surface area contributed by atoms with Gasteiger partial charge >= 0.3 is 5.97 Å². The molecule has 0 radical (unpaired) electrons. The van der Waals surface area contributed by atoms with E-state index in [9.17, 15) is 9.90 Å². The molecule has 1 aliphatic rings. The molecule has 0 bridgehead atoms. The van der Waals surface area contributed by atoms with Crippen molar-refractivity contribution in [2.45, 2.75) is 45.2 Å². The number of likely N-dealkylation sites (tertiary alicyclic amines) is 1. The van der Waals surface area contributed by atoms with Gasteiger partial charge in [0.2, 0.25) is 11.8 Å². The largest absolute Gasteiger partial charge is 0.480 e. The fraction of sp³-hybridized carbons (Fsp3) is 0.727. The molecule has 1 aromatic rings. The van der Waals surface area contributed by atoms with Crippen molar-refractivity contribution < 1.29 is 14.3 Å². The van der Waals surface area contributed by atoms with Gasteiger partial charge in [0.25, 0.3) is 0 Å². The normalized spacial score (nSPS) is 25.3. The van der Waals surface area contributed by atoms with Crippen LogP contribution in [0.4, 0.5) is 0 Å². The number of carbonyl (C=O) groups is 1. The van der Waals surface area contributed by atoms with Crippen LogP contribution < -0.4 is 0 Å². The maximum Gasteiger partial charge on any atom is 0.323 e. The van der Waals surface area contributed by atoms with Crippen LogP contribution in [-0.4, -0.2) is 38.3 Å². The molecule has 2 rings (SSSR count). The van der Waals surface area contributed by atoms with Gasteiger partial charge in [-0.25, -0.2) is 0 Å². The summed E-state index contributed by atoms with van der Waals surface area (Å²) in [5.74, 6) is 0.303. The summed E-state index contributed by atoms with van der Waals surface area (Å²) in [5.41, 5.74) is -0.805. The van der Waals surface area contributed by atoms with E-state index in [1.807, 2.05) is 11.8 Å². The molecule has 1 atom stereocenters. The molecule has 1 saturated heterocycles. The highest BCUT2D eigenvalue weighted by Gasteiger charge is 2.43.